The SMILES string of the molecule is CC1(C)Cc2ccccc2C1(C)C(N)=O. The molecule has 1 aliphatic carbocycles. The Morgan fingerprint density at radius 1 is 1.27 bits per heavy atom. The summed E-state index contributed by atoms with van der Waals surface area (Å²) in [6, 6.07) is 8.10. The Morgan fingerprint density at radius 2 is 1.87 bits per heavy atom. The van der Waals surface area contributed by atoms with Crippen LogP contribution in [0.15, 0.2) is 24.3 Å². The summed E-state index contributed by atoms with van der Waals surface area (Å²) in [5.74, 6) is -0.225. The number of carbonyl (C=O) groups is 1. The van der Waals surface area contributed by atoms with E-state index >= 15 is 0 Å². The van der Waals surface area contributed by atoms with Gasteiger partial charge in [0, 0.05) is 0 Å². The molecule has 1 aromatic rings. The van der Waals surface area contributed by atoms with E-state index in [1.807, 2.05) is 25.1 Å². The third-order valence-corrected chi connectivity index (χ3v) is 4.03. The molecular weight excluding hydrogens is 186 g/mol. The Hall–Kier alpha value is -1.31. The van der Waals surface area contributed by atoms with Crippen LogP contribution in [-0.4, -0.2) is 5.91 Å². The molecule has 2 N–H and O–H groups in total. The largest absolute Gasteiger partial charge is 0.369 e. The van der Waals surface area contributed by atoms with Gasteiger partial charge in [-0.2, -0.15) is 0 Å². The Balaban J connectivity index is 2.67. The minimum Gasteiger partial charge on any atom is -0.369 e. The molecule has 0 heterocycles. The maximum Gasteiger partial charge on any atom is 0.228 e. The highest BCUT2D eigenvalue weighted by atomic mass is 16.1. The topological polar surface area (TPSA) is 43.1 Å². The number of nitrogens with two attached hydrogens (primary N) is 1. The maximum atomic E-state index is 11.7. The molecule has 1 atom stereocenters. The van der Waals surface area contributed by atoms with E-state index in [1.165, 1.54) is 5.56 Å². The molecular formula is C13H17NO. The van der Waals surface area contributed by atoms with Crippen molar-refractivity contribution in [2.24, 2.45) is 11.1 Å². The van der Waals surface area contributed by atoms with Crippen LogP contribution in [-0.2, 0) is 16.6 Å². The number of primary amides is 1. The first-order valence-electron chi connectivity index (χ1n) is 5.28. The van der Waals surface area contributed by atoms with Crippen LogP contribution in [0.3, 0.4) is 0 Å². The Bertz CT molecular complexity index is 422. The van der Waals surface area contributed by atoms with Crippen LogP contribution in [0.4, 0.5) is 0 Å². The van der Waals surface area contributed by atoms with E-state index in [9.17, 15) is 4.79 Å². The monoisotopic (exact) mass is 203 g/mol. The highest BCUT2D eigenvalue weighted by Crippen LogP contribution is 2.51. The third-order valence-electron chi connectivity index (χ3n) is 4.03. The van der Waals surface area contributed by atoms with Crippen LogP contribution in [0.5, 0.6) is 0 Å². The van der Waals surface area contributed by atoms with Crippen LogP contribution in [0.2, 0.25) is 0 Å². The fraction of sp³-hybridized carbons (Fsp3) is 0.462. The lowest BCUT2D eigenvalue weighted by Crippen LogP contribution is -2.47. The number of fused-ring (bicyclic) bond motifs is 1. The molecule has 1 unspecified atom stereocenters. The lowest BCUT2D eigenvalue weighted by Gasteiger charge is -2.36. The summed E-state index contributed by atoms with van der Waals surface area (Å²) in [7, 11) is 0. The minimum absolute atomic E-state index is 0.0947. The van der Waals surface area contributed by atoms with Gasteiger partial charge in [-0.1, -0.05) is 38.1 Å². The number of rotatable bonds is 1. The van der Waals surface area contributed by atoms with Crippen molar-refractivity contribution in [1.29, 1.82) is 0 Å². The van der Waals surface area contributed by atoms with Crippen molar-refractivity contribution in [3.8, 4) is 0 Å². The fourth-order valence-corrected chi connectivity index (χ4v) is 2.65. The molecule has 0 radical (unpaired) electrons. The zero-order valence-corrected chi connectivity index (χ0v) is 9.50. The molecule has 15 heavy (non-hydrogen) atoms. The molecule has 0 bridgehead atoms. The summed E-state index contributed by atoms with van der Waals surface area (Å²) < 4.78 is 0. The smallest absolute Gasteiger partial charge is 0.228 e. The molecule has 2 rings (SSSR count). The van der Waals surface area contributed by atoms with E-state index < -0.39 is 5.41 Å². The quantitative estimate of drug-likeness (QED) is 0.745. The van der Waals surface area contributed by atoms with Gasteiger partial charge in [-0.25, -0.2) is 0 Å². The minimum atomic E-state index is -0.538. The normalized spacial score (nSPS) is 27.4. The van der Waals surface area contributed by atoms with Gasteiger partial charge in [0.1, 0.15) is 0 Å². The fourth-order valence-electron chi connectivity index (χ4n) is 2.65. The summed E-state index contributed by atoms with van der Waals surface area (Å²) in [6.07, 6.45) is 0.919. The second-order valence-electron chi connectivity index (χ2n) is 5.21. The molecule has 1 aliphatic rings. The summed E-state index contributed by atoms with van der Waals surface area (Å²) in [5.41, 5.74) is 7.30. The van der Waals surface area contributed by atoms with Gasteiger partial charge in [0.25, 0.3) is 0 Å². The molecule has 0 saturated heterocycles. The second-order valence-corrected chi connectivity index (χ2v) is 5.21. The standard InChI is InChI=1S/C13H17NO/c1-12(2)8-9-6-4-5-7-10(9)13(12,3)11(14)15/h4-7H,8H2,1-3H3,(H2,14,15). The second kappa shape index (κ2) is 2.84. The molecule has 1 amide bonds. The lowest BCUT2D eigenvalue weighted by atomic mass is 9.66. The predicted molar refractivity (Wildman–Crippen MR) is 60.5 cm³/mol. The van der Waals surface area contributed by atoms with Crippen LogP contribution >= 0.6 is 0 Å². The van der Waals surface area contributed by atoms with E-state index in [0.717, 1.165) is 12.0 Å². The number of benzene rings is 1. The molecule has 0 aliphatic heterocycles. The van der Waals surface area contributed by atoms with Gasteiger partial charge in [-0.05, 0) is 29.9 Å². The lowest BCUT2D eigenvalue weighted by molar-refractivity contribution is -0.126. The van der Waals surface area contributed by atoms with Gasteiger partial charge in [0.05, 0.1) is 5.41 Å². The van der Waals surface area contributed by atoms with Crippen molar-refractivity contribution in [1.82, 2.24) is 0 Å². The zero-order valence-electron chi connectivity index (χ0n) is 9.50. The number of hydrogen-bond donors (Lipinski definition) is 1. The zero-order chi connectivity index (χ0) is 11.3. The molecule has 80 valence electrons. The van der Waals surface area contributed by atoms with Crippen LogP contribution in [0, 0.1) is 5.41 Å². The molecule has 2 nitrogen and oxygen atoms in total. The predicted octanol–water partition coefficient (Wildman–Crippen LogP) is 2.01. The van der Waals surface area contributed by atoms with Crippen molar-refractivity contribution >= 4 is 5.91 Å². The van der Waals surface area contributed by atoms with Crippen molar-refractivity contribution in [2.75, 3.05) is 0 Å². The van der Waals surface area contributed by atoms with Crippen molar-refractivity contribution in [3.63, 3.8) is 0 Å². The average molecular weight is 203 g/mol. The van der Waals surface area contributed by atoms with Crippen molar-refractivity contribution < 1.29 is 4.79 Å². The summed E-state index contributed by atoms with van der Waals surface area (Å²) in [4.78, 5) is 11.7. The van der Waals surface area contributed by atoms with E-state index in [0.29, 0.717) is 0 Å². The molecule has 0 fully saturated rings. The molecule has 0 saturated carbocycles. The summed E-state index contributed by atoms with van der Waals surface area (Å²) in [5, 5.41) is 0. The number of carbonyl (C=O) groups excluding carboxylic acids is 1. The van der Waals surface area contributed by atoms with E-state index in [1.54, 1.807) is 0 Å². The Morgan fingerprint density at radius 3 is 2.47 bits per heavy atom. The van der Waals surface area contributed by atoms with Gasteiger partial charge in [-0.15, -0.1) is 0 Å². The average Bonchev–Trinajstić information content (AvgIpc) is 2.36. The summed E-state index contributed by atoms with van der Waals surface area (Å²) in [6.45, 7) is 6.18. The molecule has 1 aromatic carbocycles. The molecule has 2 heteroatoms. The van der Waals surface area contributed by atoms with Crippen molar-refractivity contribution in [3.05, 3.63) is 35.4 Å². The maximum absolute atomic E-state index is 11.7. The molecule has 0 spiro atoms. The highest BCUT2D eigenvalue weighted by molar-refractivity contribution is 5.89. The van der Waals surface area contributed by atoms with Crippen LogP contribution in [0.25, 0.3) is 0 Å². The summed E-state index contributed by atoms with van der Waals surface area (Å²) >= 11 is 0. The van der Waals surface area contributed by atoms with Crippen LogP contribution < -0.4 is 5.73 Å². The number of amides is 1. The van der Waals surface area contributed by atoms with Crippen molar-refractivity contribution in [2.45, 2.75) is 32.6 Å². The van der Waals surface area contributed by atoms with Gasteiger partial charge in [0.15, 0.2) is 0 Å². The van der Waals surface area contributed by atoms with E-state index in [-0.39, 0.29) is 11.3 Å². The first-order valence-corrected chi connectivity index (χ1v) is 5.28. The van der Waals surface area contributed by atoms with Gasteiger partial charge >= 0.3 is 0 Å². The van der Waals surface area contributed by atoms with E-state index in [4.69, 9.17) is 5.73 Å². The van der Waals surface area contributed by atoms with Crippen LogP contribution in [0.1, 0.15) is 31.9 Å². The van der Waals surface area contributed by atoms with Gasteiger partial charge < -0.3 is 5.73 Å². The van der Waals surface area contributed by atoms with Gasteiger partial charge in [0.2, 0.25) is 5.91 Å². The first-order chi connectivity index (χ1) is 6.89. The third kappa shape index (κ3) is 1.14. The van der Waals surface area contributed by atoms with Gasteiger partial charge in [-0.3, -0.25) is 4.79 Å². The number of hydrogen-bond acceptors (Lipinski definition) is 1. The Labute approximate surface area is 90.5 Å². The van der Waals surface area contributed by atoms with E-state index in [2.05, 4.69) is 19.9 Å². The first kappa shape index (κ1) is 10.2. The highest BCUT2D eigenvalue weighted by Gasteiger charge is 2.52. The Kier molecular flexibility index (Phi) is 1.94. The molecule has 0 aromatic heterocycles.